The summed E-state index contributed by atoms with van der Waals surface area (Å²) in [5, 5.41) is 9.65. The summed E-state index contributed by atoms with van der Waals surface area (Å²) in [6, 6.07) is -0.618. The molecular formula is C54H98NO7+. The SMILES string of the molecule is CCCCC/C=C/C/C=C/C/C=C/CCCCCCCCCCCC(=O)OC(COCCC(C(=O)O)[N+](C)(C)C)COC(=O)CCCCCCC/C=C/CCCCCCCCC. The van der Waals surface area contributed by atoms with Crippen molar-refractivity contribution in [2.45, 2.75) is 238 Å². The van der Waals surface area contributed by atoms with Gasteiger partial charge in [0, 0.05) is 19.3 Å². The van der Waals surface area contributed by atoms with Crippen molar-refractivity contribution < 1.29 is 38.2 Å². The second-order valence-electron chi connectivity index (χ2n) is 18.4. The first-order chi connectivity index (χ1) is 30.1. The molecule has 0 aliphatic heterocycles. The zero-order valence-electron chi connectivity index (χ0n) is 41.1. The zero-order chi connectivity index (χ0) is 45.6. The molecule has 0 aromatic heterocycles. The van der Waals surface area contributed by atoms with E-state index in [2.05, 4.69) is 62.5 Å². The molecule has 360 valence electrons. The Hall–Kier alpha value is -2.71. The van der Waals surface area contributed by atoms with Gasteiger partial charge < -0.3 is 23.8 Å². The van der Waals surface area contributed by atoms with Crippen LogP contribution in [0, 0.1) is 0 Å². The molecule has 0 saturated heterocycles. The Morgan fingerprint density at radius 2 is 0.855 bits per heavy atom. The van der Waals surface area contributed by atoms with E-state index in [0.29, 0.717) is 19.3 Å². The molecule has 0 rings (SSSR count). The number of nitrogens with zero attached hydrogens (tertiary/aromatic N) is 1. The highest BCUT2D eigenvalue weighted by atomic mass is 16.6. The normalized spacial score (nSPS) is 13.2. The zero-order valence-corrected chi connectivity index (χ0v) is 41.1. The van der Waals surface area contributed by atoms with E-state index < -0.39 is 18.1 Å². The van der Waals surface area contributed by atoms with Crippen LogP contribution in [0.1, 0.15) is 226 Å². The van der Waals surface area contributed by atoms with Crippen molar-refractivity contribution in [3.05, 3.63) is 48.6 Å². The van der Waals surface area contributed by atoms with Gasteiger partial charge in [-0.2, -0.15) is 0 Å². The molecule has 1 N–H and O–H groups in total. The lowest BCUT2D eigenvalue weighted by atomic mass is 10.1. The van der Waals surface area contributed by atoms with Gasteiger partial charge in [-0.3, -0.25) is 9.59 Å². The molecule has 0 fully saturated rings. The van der Waals surface area contributed by atoms with Gasteiger partial charge in [0.25, 0.3) is 0 Å². The van der Waals surface area contributed by atoms with Gasteiger partial charge in [0.15, 0.2) is 12.1 Å². The number of likely N-dealkylation sites (N-methyl/N-ethyl adjacent to an activating group) is 1. The molecule has 0 radical (unpaired) electrons. The van der Waals surface area contributed by atoms with Crippen molar-refractivity contribution in [2.75, 3.05) is 41.0 Å². The average molecular weight is 873 g/mol. The number of carboxylic acids is 1. The Labute approximate surface area is 382 Å². The molecule has 8 heteroatoms. The molecule has 0 heterocycles. The third kappa shape index (κ3) is 42.6. The molecule has 0 aliphatic rings. The highest BCUT2D eigenvalue weighted by molar-refractivity contribution is 5.72. The minimum absolute atomic E-state index is 0.0565. The summed E-state index contributed by atoms with van der Waals surface area (Å²) in [7, 11) is 5.53. The summed E-state index contributed by atoms with van der Waals surface area (Å²) in [4.78, 5) is 37.1. The Kier molecular flexibility index (Phi) is 42.9. The maximum Gasteiger partial charge on any atom is 0.362 e. The topological polar surface area (TPSA) is 99.1 Å². The first-order valence-electron chi connectivity index (χ1n) is 25.7. The van der Waals surface area contributed by atoms with Crippen molar-refractivity contribution in [3.8, 4) is 0 Å². The number of unbranched alkanes of at least 4 members (excludes halogenated alkanes) is 24. The molecule has 8 nitrogen and oxygen atoms in total. The van der Waals surface area contributed by atoms with Crippen molar-refractivity contribution in [1.82, 2.24) is 0 Å². The third-order valence-corrected chi connectivity index (χ3v) is 11.5. The Morgan fingerprint density at radius 1 is 0.484 bits per heavy atom. The molecule has 0 aliphatic carbocycles. The Morgan fingerprint density at radius 3 is 1.31 bits per heavy atom. The van der Waals surface area contributed by atoms with E-state index in [-0.39, 0.29) is 36.2 Å². The number of quaternary nitrogens is 1. The van der Waals surface area contributed by atoms with Crippen molar-refractivity contribution >= 4 is 17.9 Å². The quantitative estimate of drug-likeness (QED) is 0.0281. The van der Waals surface area contributed by atoms with E-state index >= 15 is 0 Å². The van der Waals surface area contributed by atoms with E-state index in [4.69, 9.17) is 14.2 Å². The van der Waals surface area contributed by atoms with E-state index in [9.17, 15) is 19.5 Å². The second kappa shape index (κ2) is 44.9. The van der Waals surface area contributed by atoms with Gasteiger partial charge in [-0.25, -0.2) is 4.79 Å². The van der Waals surface area contributed by atoms with Crippen molar-refractivity contribution in [2.24, 2.45) is 0 Å². The van der Waals surface area contributed by atoms with Crippen LogP contribution in [0.15, 0.2) is 48.6 Å². The summed E-state index contributed by atoms with van der Waals surface area (Å²) in [5.74, 6) is -1.48. The number of aliphatic carboxylic acids is 1. The molecule has 0 saturated carbocycles. The number of carbonyl (C=O) groups is 3. The number of carbonyl (C=O) groups excluding carboxylic acids is 2. The molecular weight excluding hydrogens is 775 g/mol. The molecule has 0 spiro atoms. The first kappa shape index (κ1) is 59.3. The summed E-state index contributed by atoms with van der Waals surface area (Å²) in [6.07, 6.45) is 54.4. The largest absolute Gasteiger partial charge is 0.477 e. The number of esters is 2. The van der Waals surface area contributed by atoms with Gasteiger partial charge in [-0.05, 0) is 77.0 Å². The van der Waals surface area contributed by atoms with E-state index in [1.807, 2.05) is 21.1 Å². The van der Waals surface area contributed by atoms with Crippen LogP contribution in [0.3, 0.4) is 0 Å². The monoisotopic (exact) mass is 873 g/mol. The van der Waals surface area contributed by atoms with Crippen LogP contribution < -0.4 is 0 Å². The minimum Gasteiger partial charge on any atom is -0.477 e. The van der Waals surface area contributed by atoms with Crippen LogP contribution in [0.5, 0.6) is 0 Å². The predicted molar refractivity (Wildman–Crippen MR) is 261 cm³/mol. The summed E-state index contributed by atoms with van der Waals surface area (Å²) in [6.45, 7) is 4.71. The van der Waals surface area contributed by atoms with E-state index in [1.165, 1.54) is 122 Å². The fourth-order valence-corrected chi connectivity index (χ4v) is 7.45. The standard InChI is InChI=1S/C54H97NO7/c1-6-8-10-12-14-16-18-20-22-24-25-26-27-28-29-31-33-35-37-39-41-43-45-53(57)62-50(48-60-47-46-51(54(58)59)55(3,4)5)49-61-52(56)44-42-40-38-36-34-32-30-23-21-19-17-15-13-11-9-7-2/h14,16,20,22-23,25-26,30,50-51H,6-13,15,17-19,21,24,27-29,31-49H2,1-5H3/p+1/b16-14+,22-20+,26-25+,30-23+. The van der Waals surface area contributed by atoms with Crippen LogP contribution in [-0.2, 0) is 28.6 Å². The smallest absolute Gasteiger partial charge is 0.362 e. The fraction of sp³-hybridized carbons (Fsp3) is 0.796. The third-order valence-electron chi connectivity index (χ3n) is 11.5. The molecule has 62 heavy (non-hydrogen) atoms. The number of rotatable bonds is 46. The van der Waals surface area contributed by atoms with Crippen LogP contribution in [-0.4, -0.2) is 80.6 Å². The van der Waals surface area contributed by atoms with Gasteiger partial charge in [0.2, 0.25) is 0 Å². The van der Waals surface area contributed by atoms with Crippen molar-refractivity contribution in [1.29, 1.82) is 0 Å². The molecule has 2 atom stereocenters. The summed E-state index contributed by atoms with van der Waals surface area (Å²) in [5.41, 5.74) is 0. The lowest BCUT2D eigenvalue weighted by Gasteiger charge is -2.31. The van der Waals surface area contributed by atoms with Gasteiger partial charge in [0.05, 0.1) is 34.4 Å². The first-order valence-corrected chi connectivity index (χ1v) is 25.7. The van der Waals surface area contributed by atoms with E-state index in [1.54, 1.807) is 0 Å². The molecule has 0 aromatic carbocycles. The van der Waals surface area contributed by atoms with E-state index in [0.717, 1.165) is 70.6 Å². The lowest BCUT2D eigenvalue weighted by Crippen LogP contribution is -2.50. The number of allylic oxidation sites excluding steroid dienone is 8. The van der Waals surface area contributed by atoms with Crippen LogP contribution in [0.25, 0.3) is 0 Å². The minimum atomic E-state index is -0.876. The number of hydrogen-bond donors (Lipinski definition) is 1. The van der Waals surface area contributed by atoms with Gasteiger partial charge >= 0.3 is 17.9 Å². The number of hydrogen-bond acceptors (Lipinski definition) is 6. The Bertz CT molecular complexity index is 1150. The highest BCUT2D eigenvalue weighted by Gasteiger charge is 2.31. The second-order valence-corrected chi connectivity index (χ2v) is 18.4. The van der Waals surface area contributed by atoms with Crippen LogP contribution >= 0.6 is 0 Å². The Balaban J connectivity index is 4.26. The van der Waals surface area contributed by atoms with Crippen LogP contribution in [0.4, 0.5) is 0 Å². The fourth-order valence-electron chi connectivity index (χ4n) is 7.45. The average Bonchev–Trinajstić information content (AvgIpc) is 3.23. The molecule has 0 aromatic rings. The maximum absolute atomic E-state index is 12.8. The highest BCUT2D eigenvalue weighted by Crippen LogP contribution is 2.15. The number of carboxylic acid groups (broad SMARTS) is 1. The molecule has 0 bridgehead atoms. The maximum atomic E-state index is 12.8. The van der Waals surface area contributed by atoms with Crippen LogP contribution in [0.2, 0.25) is 0 Å². The molecule has 2 unspecified atom stereocenters. The van der Waals surface area contributed by atoms with Crippen molar-refractivity contribution in [3.63, 3.8) is 0 Å². The van der Waals surface area contributed by atoms with Gasteiger partial charge in [0.1, 0.15) is 6.61 Å². The summed E-state index contributed by atoms with van der Waals surface area (Å²) < 4.78 is 17.3. The number of ether oxygens (including phenoxy) is 3. The van der Waals surface area contributed by atoms with Gasteiger partial charge in [-0.1, -0.05) is 178 Å². The molecule has 0 amide bonds. The summed E-state index contributed by atoms with van der Waals surface area (Å²) >= 11 is 0. The predicted octanol–water partition coefficient (Wildman–Crippen LogP) is 14.8. The lowest BCUT2D eigenvalue weighted by molar-refractivity contribution is -0.887. The van der Waals surface area contributed by atoms with Gasteiger partial charge in [-0.15, -0.1) is 0 Å².